The van der Waals surface area contributed by atoms with E-state index >= 15 is 0 Å². The summed E-state index contributed by atoms with van der Waals surface area (Å²) in [6.07, 6.45) is 4.00. The molecule has 3 heterocycles. The van der Waals surface area contributed by atoms with Crippen LogP contribution in [0, 0.1) is 5.41 Å². The van der Waals surface area contributed by atoms with Crippen LogP contribution >= 0.6 is 0 Å². The maximum atomic E-state index is 12.5. The van der Waals surface area contributed by atoms with Crippen molar-refractivity contribution in [3.63, 3.8) is 0 Å². The fraction of sp³-hybridized carbons (Fsp3) is 0.500. The maximum Gasteiger partial charge on any atom is 0.331 e. The average molecular weight is 275 g/mol. The van der Waals surface area contributed by atoms with E-state index in [1.807, 2.05) is 0 Å². The molecular formula is C14H17N3O3. The third kappa shape index (κ3) is 1.79. The third-order valence-electron chi connectivity index (χ3n) is 4.21. The molecule has 1 aliphatic rings. The Balaban J connectivity index is 2.21. The van der Waals surface area contributed by atoms with Gasteiger partial charge in [-0.05, 0) is 12.5 Å². The molecule has 1 saturated heterocycles. The van der Waals surface area contributed by atoms with Crippen LogP contribution < -0.4 is 11.2 Å². The normalized spacial score (nSPS) is 17.1. The number of fused-ring (bicyclic) bond motifs is 1. The molecule has 0 aromatic carbocycles. The van der Waals surface area contributed by atoms with Crippen molar-refractivity contribution >= 4 is 10.9 Å². The monoisotopic (exact) mass is 275 g/mol. The highest BCUT2D eigenvalue weighted by Crippen LogP contribution is 2.32. The Morgan fingerprint density at radius 3 is 2.75 bits per heavy atom. The zero-order valence-corrected chi connectivity index (χ0v) is 11.6. The number of aryl methyl sites for hydroxylation is 1. The smallest absolute Gasteiger partial charge is 0.331 e. The molecule has 2 aromatic heterocycles. The van der Waals surface area contributed by atoms with E-state index in [1.54, 1.807) is 25.5 Å². The standard InChI is InChI=1S/C14H17N3O3/c1-3-14(8-20-9-14)7-17-12(18)10-4-5-15-6-11(10)16(2)13(17)19/h4-6H,3,7-9H2,1-2H3. The maximum absolute atomic E-state index is 12.5. The second-order valence-electron chi connectivity index (χ2n) is 5.47. The highest BCUT2D eigenvalue weighted by Gasteiger charge is 2.38. The lowest BCUT2D eigenvalue weighted by atomic mass is 9.83. The van der Waals surface area contributed by atoms with Crippen molar-refractivity contribution < 1.29 is 4.74 Å². The molecule has 0 bridgehead atoms. The van der Waals surface area contributed by atoms with Gasteiger partial charge in [-0.3, -0.25) is 18.9 Å². The lowest BCUT2D eigenvalue weighted by molar-refractivity contribution is -0.124. The number of ether oxygens (including phenoxy) is 1. The van der Waals surface area contributed by atoms with Crippen molar-refractivity contribution in [1.82, 2.24) is 14.1 Å². The molecule has 6 heteroatoms. The van der Waals surface area contributed by atoms with E-state index in [1.165, 1.54) is 9.13 Å². The van der Waals surface area contributed by atoms with Crippen LogP contribution in [0.25, 0.3) is 10.9 Å². The Kier molecular flexibility index (Phi) is 2.97. The van der Waals surface area contributed by atoms with Gasteiger partial charge < -0.3 is 4.74 Å². The predicted molar refractivity (Wildman–Crippen MR) is 74.8 cm³/mol. The SMILES string of the molecule is CCC1(Cn2c(=O)c3ccncc3n(C)c2=O)COC1. The largest absolute Gasteiger partial charge is 0.380 e. The van der Waals surface area contributed by atoms with E-state index in [0.29, 0.717) is 30.7 Å². The van der Waals surface area contributed by atoms with Gasteiger partial charge >= 0.3 is 5.69 Å². The van der Waals surface area contributed by atoms with Crippen molar-refractivity contribution in [2.45, 2.75) is 19.9 Å². The Morgan fingerprint density at radius 2 is 2.15 bits per heavy atom. The van der Waals surface area contributed by atoms with Crippen molar-refractivity contribution in [3.8, 4) is 0 Å². The molecule has 0 amide bonds. The van der Waals surface area contributed by atoms with Crippen molar-refractivity contribution in [1.29, 1.82) is 0 Å². The Labute approximate surface area is 115 Å². The summed E-state index contributed by atoms with van der Waals surface area (Å²) in [5.74, 6) is 0. The summed E-state index contributed by atoms with van der Waals surface area (Å²) in [7, 11) is 1.66. The van der Waals surface area contributed by atoms with E-state index in [9.17, 15) is 9.59 Å². The topological polar surface area (TPSA) is 66.1 Å². The number of nitrogens with zero attached hydrogens (tertiary/aromatic N) is 3. The van der Waals surface area contributed by atoms with Gasteiger partial charge in [0.15, 0.2) is 0 Å². The zero-order valence-electron chi connectivity index (χ0n) is 11.6. The number of hydrogen-bond donors (Lipinski definition) is 0. The van der Waals surface area contributed by atoms with E-state index in [0.717, 1.165) is 6.42 Å². The van der Waals surface area contributed by atoms with Crippen LogP contribution in [0.1, 0.15) is 13.3 Å². The number of rotatable bonds is 3. The minimum absolute atomic E-state index is 0.0866. The summed E-state index contributed by atoms with van der Waals surface area (Å²) in [4.78, 5) is 28.9. The first-order valence-electron chi connectivity index (χ1n) is 6.69. The fourth-order valence-electron chi connectivity index (χ4n) is 2.62. The molecule has 3 rings (SSSR count). The van der Waals surface area contributed by atoms with Crippen LogP contribution in [0.15, 0.2) is 28.0 Å². The lowest BCUT2D eigenvalue weighted by Crippen LogP contribution is -2.51. The first kappa shape index (κ1) is 13.1. The lowest BCUT2D eigenvalue weighted by Gasteiger charge is -2.40. The molecule has 0 aliphatic carbocycles. The minimum atomic E-state index is -0.296. The first-order chi connectivity index (χ1) is 9.58. The van der Waals surface area contributed by atoms with Gasteiger partial charge in [0.25, 0.3) is 5.56 Å². The van der Waals surface area contributed by atoms with Gasteiger partial charge in [-0.25, -0.2) is 4.79 Å². The van der Waals surface area contributed by atoms with Crippen molar-refractivity contribution in [2.24, 2.45) is 12.5 Å². The molecule has 20 heavy (non-hydrogen) atoms. The first-order valence-corrected chi connectivity index (χ1v) is 6.69. The molecule has 0 saturated carbocycles. The average Bonchev–Trinajstić information content (AvgIpc) is 2.44. The van der Waals surface area contributed by atoms with Crippen LogP contribution in [0.5, 0.6) is 0 Å². The molecule has 0 atom stereocenters. The number of hydrogen-bond acceptors (Lipinski definition) is 4. The van der Waals surface area contributed by atoms with Gasteiger partial charge in [0, 0.05) is 25.2 Å². The second-order valence-corrected chi connectivity index (χ2v) is 5.47. The van der Waals surface area contributed by atoms with E-state index in [-0.39, 0.29) is 16.7 Å². The van der Waals surface area contributed by atoms with Gasteiger partial charge in [-0.15, -0.1) is 0 Å². The fourth-order valence-corrected chi connectivity index (χ4v) is 2.62. The van der Waals surface area contributed by atoms with Crippen LogP contribution in [-0.2, 0) is 18.3 Å². The zero-order chi connectivity index (χ0) is 14.3. The molecule has 2 aromatic rings. The summed E-state index contributed by atoms with van der Waals surface area (Å²) in [6.45, 7) is 3.68. The Hall–Kier alpha value is -1.95. The van der Waals surface area contributed by atoms with E-state index in [4.69, 9.17) is 4.74 Å². The van der Waals surface area contributed by atoms with Crippen molar-refractivity contribution in [2.75, 3.05) is 13.2 Å². The second kappa shape index (κ2) is 4.56. The molecule has 0 unspecified atom stereocenters. The van der Waals surface area contributed by atoms with Gasteiger partial charge in [0.05, 0.1) is 30.3 Å². The summed E-state index contributed by atoms with van der Waals surface area (Å²) in [6, 6.07) is 1.66. The molecule has 6 nitrogen and oxygen atoms in total. The molecule has 0 N–H and O–H groups in total. The summed E-state index contributed by atoms with van der Waals surface area (Å²) in [5.41, 5.74) is -0.0638. The third-order valence-corrected chi connectivity index (χ3v) is 4.21. The number of pyridine rings is 1. The Bertz CT molecular complexity index is 766. The van der Waals surface area contributed by atoms with E-state index < -0.39 is 0 Å². The van der Waals surface area contributed by atoms with E-state index in [2.05, 4.69) is 11.9 Å². The van der Waals surface area contributed by atoms with Gasteiger partial charge in [0.1, 0.15) is 0 Å². The minimum Gasteiger partial charge on any atom is -0.380 e. The van der Waals surface area contributed by atoms with Crippen molar-refractivity contribution in [3.05, 3.63) is 39.3 Å². The number of aromatic nitrogens is 3. The molecule has 1 aliphatic heterocycles. The molecule has 0 spiro atoms. The van der Waals surface area contributed by atoms with Crippen LogP contribution in [0.3, 0.4) is 0 Å². The van der Waals surface area contributed by atoms with Crippen LogP contribution in [0.2, 0.25) is 0 Å². The highest BCUT2D eigenvalue weighted by atomic mass is 16.5. The van der Waals surface area contributed by atoms with Crippen LogP contribution in [-0.4, -0.2) is 27.3 Å². The Morgan fingerprint density at radius 1 is 1.40 bits per heavy atom. The quantitative estimate of drug-likeness (QED) is 0.819. The molecule has 0 radical (unpaired) electrons. The van der Waals surface area contributed by atoms with Gasteiger partial charge in [-0.1, -0.05) is 6.92 Å². The summed E-state index contributed by atoms with van der Waals surface area (Å²) < 4.78 is 8.07. The summed E-state index contributed by atoms with van der Waals surface area (Å²) in [5, 5.41) is 0.522. The molecular weight excluding hydrogens is 258 g/mol. The van der Waals surface area contributed by atoms with Crippen LogP contribution in [0.4, 0.5) is 0 Å². The molecule has 106 valence electrons. The predicted octanol–water partition coefficient (Wildman–Crippen LogP) is 0.522. The highest BCUT2D eigenvalue weighted by molar-refractivity contribution is 5.76. The summed E-state index contributed by atoms with van der Waals surface area (Å²) >= 11 is 0. The molecule has 1 fully saturated rings. The van der Waals surface area contributed by atoms with Gasteiger partial charge in [0.2, 0.25) is 0 Å². The van der Waals surface area contributed by atoms with Gasteiger partial charge in [-0.2, -0.15) is 0 Å².